The summed E-state index contributed by atoms with van der Waals surface area (Å²) in [6, 6.07) is 61.2. The van der Waals surface area contributed by atoms with Gasteiger partial charge in [-0.25, -0.2) is 4.98 Å². The number of aromatic nitrogens is 3. The molecule has 0 unspecified atom stereocenters. The Morgan fingerprint density at radius 3 is 1.83 bits per heavy atom. The van der Waals surface area contributed by atoms with E-state index in [1.54, 1.807) is 0 Å². The van der Waals surface area contributed by atoms with Crippen LogP contribution in [0.15, 0.2) is 182 Å². The third-order valence-corrected chi connectivity index (χ3v) is 8.26. The molecule has 2 heterocycles. The molecule has 0 aliphatic heterocycles. The number of hydrogen-bond donors (Lipinski definition) is 0. The fourth-order valence-electron chi connectivity index (χ4n) is 6.15. The Morgan fingerprint density at radius 2 is 1.07 bits per heavy atom. The number of pyridine rings is 1. The largest absolute Gasteiger partial charge is 0.280 e. The molecule has 0 spiro atoms. The highest BCUT2D eigenvalue weighted by Crippen LogP contribution is 2.42. The summed E-state index contributed by atoms with van der Waals surface area (Å²) in [5.74, 6) is 0.790. The van der Waals surface area contributed by atoms with Crippen LogP contribution in [0.25, 0.3) is 50.2 Å². The van der Waals surface area contributed by atoms with E-state index in [-0.39, 0.29) is 0 Å². The van der Waals surface area contributed by atoms with Gasteiger partial charge in [0, 0.05) is 28.7 Å². The summed E-state index contributed by atoms with van der Waals surface area (Å²) < 4.78 is 2.30. The van der Waals surface area contributed by atoms with Crippen LogP contribution in [0.3, 0.4) is 0 Å². The number of rotatable bonds is 7. The van der Waals surface area contributed by atoms with Crippen LogP contribution in [0, 0.1) is 0 Å². The monoisotopic (exact) mass is 590 g/mol. The quantitative estimate of drug-likeness (QED) is 0.185. The molecule has 0 N–H and O–H groups in total. The second kappa shape index (κ2) is 12.0. The number of para-hydroxylation sites is 3. The molecule has 0 aliphatic carbocycles. The molecule has 0 fully saturated rings. The highest BCUT2D eigenvalue weighted by atomic mass is 15.3. The zero-order valence-corrected chi connectivity index (χ0v) is 25.1. The predicted molar refractivity (Wildman–Crippen MR) is 190 cm³/mol. The van der Waals surface area contributed by atoms with Crippen molar-refractivity contribution in [2.24, 2.45) is 0 Å². The lowest BCUT2D eigenvalue weighted by atomic mass is 10.0. The molecule has 0 amide bonds. The van der Waals surface area contributed by atoms with Crippen LogP contribution in [0.4, 0.5) is 17.3 Å². The molecule has 46 heavy (non-hydrogen) atoms. The van der Waals surface area contributed by atoms with Gasteiger partial charge < -0.3 is 0 Å². The van der Waals surface area contributed by atoms with Crippen molar-refractivity contribution in [2.45, 2.75) is 0 Å². The minimum absolute atomic E-state index is 0.790. The predicted octanol–water partition coefficient (Wildman–Crippen LogP) is 10.9. The van der Waals surface area contributed by atoms with Crippen LogP contribution in [-0.4, -0.2) is 14.5 Å². The van der Waals surface area contributed by atoms with Crippen LogP contribution in [0.2, 0.25) is 0 Å². The van der Waals surface area contributed by atoms with E-state index in [0.717, 1.165) is 67.6 Å². The van der Waals surface area contributed by atoms with Gasteiger partial charge in [-0.05, 0) is 65.2 Å². The zero-order valence-electron chi connectivity index (χ0n) is 25.1. The summed E-state index contributed by atoms with van der Waals surface area (Å²) in [7, 11) is 0. The smallest absolute Gasteiger partial charge is 0.220 e. The van der Waals surface area contributed by atoms with Crippen LogP contribution >= 0.6 is 0 Å². The molecule has 8 aromatic rings. The van der Waals surface area contributed by atoms with E-state index in [1.807, 2.05) is 24.4 Å². The number of benzene rings is 6. The lowest BCUT2D eigenvalue weighted by Gasteiger charge is -2.26. The maximum atomic E-state index is 5.50. The molecule has 0 saturated carbocycles. The van der Waals surface area contributed by atoms with E-state index >= 15 is 0 Å². The first kappa shape index (κ1) is 27.3. The van der Waals surface area contributed by atoms with Gasteiger partial charge in [0.15, 0.2) is 0 Å². The Balaban J connectivity index is 1.45. The van der Waals surface area contributed by atoms with E-state index < -0.39 is 0 Å². The Labute approximate surface area is 268 Å². The summed E-state index contributed by atoms with van der Waals surface area (Å²) in [5, 5.41) is 0. The van der Waals surface area contributed by atoms with Gasteiger partial charge >= 0.3 is 0 Å². The van der Waals surface area contributed by atoms with Gasteiger partial charge in [0.05, 0.1) is 16.9 Å². The molecular formula is C42H30N4. The molecule has 0 saturated heterocycles. The van der Waals surface area contributed by atoms with Crippen molar-refractivity contribution in [3.05, 3.63) is 182 Å². The third-order valence-electron chi connectivity index (χ3n) is 8.26. The van der Waals surface area contributed by atoms with E-state index in [2.05, 4.69) is 167 Å². The van der Waals surface area contributed by atoms with Gasteiger partial charge in [-0.1, -0.05) is 127 Å². The van der Waals surface area contributed by atoms with Gasteiger partial charge in [-0.2, -0.15) is 0 Å². The lowest BCUT2D eigenvalue weighted by molar-refractivity contribution is 1.04. The first-order valence-corrected chi connectivity index (χ1v) is 15.4. The lowest BCUT2D eigenvalue weighted by Crippen LogP contribution is -2.15. The molecule has 6 aromatic carbocycles. The SMILES string of the molecule is c1ccc(-c2cccc(N(c3ccccc3)c3nc4c(-c5ccccn5)cccc4n3-c3ccccc3-c3ccccc3)c2)cc1. The first-order chi connectivity index (χ1) is 22.8. The summed E-state index contributed by atoms with van der Waals surface area (Å²) >= 11 is 0. The summed E-state index contributed by atoms with van der Waals surface area (Å²) in [4.78, 5) is 12.5. The Morgan fingerprint density at radius 1 is 0.457 bits per heavy atom. The van der Waals surface area contributed by atoms with Crippen molar-refractivity contribution in [3.63, 3.8) is 0 Å². The highest BCUT2D eigenvalue weighted by Gasteiger charge is 2.25. The molecule has 0 aliphatic rings. The van der Waals surface area contributed by atoms with Crippen molar-refractivity contribution in [3.8, 4) is 39.2 Å². The molecule has 2 aromatic heterocycles. The first-order valence-electron chi connectivity index (χ1n) is 15.4. The third kappa shape index (κ3) is 5.02. The molecule has 218 valence electrons. The van der Waals surface area contributed by atoms with Gasteiger partial charge in [-0.3, -0.25) is 14.5 Å². The molecule has 4 nitrogen and oxygen atoms in total. The van der Waals surface area contributed by atoms with Crippen LogP contribution in [-0.2, 0) is 0 Å². The van der Waals surface area contributed by atoms with Crippen molar-refractivity contribution < 1.29 is 0 Å². The minimum Gasteiger partial charge on any atom is -0.280 e. The second-order valence-corrected chi connectivity index (χ2v) is 11.1. The van der Waals surface area contributed by atoms with Gasteiger partial charge in [0.25, 0.3) is 0 Å². The maximum Gasteiger partial charge on any atom is 0.220 e. The molecule has 4 heteroatoms. The van der Waals surface area contributed by atoms with Crippen molar-refractivity contribution in [1.29, 1.82) is 0 Å². The number of nitrogens with zero attached hydrogens (tertiary/aromatic N) is 4. The van der Waals surface area contributed by atoms with Gasteiger partial charge in [-0.15, -0.1) is 0 Å². The second-order valence-electron chi connectivity index (χ2n) is 11.1. The molecule has 0 atom stereocenters. The Hall–Kier alpha value is -6.26. The average molecular weight is 591 g/mol. The van der Waals surface area contributed by atoms with E-state index in [9.17, 15) is 0 Å². The van der Waals surface area contributed by atoms with Crippen molar-refractivity contribution >= 4 is 28.4 Å². The van der Waals surface area contributed by atoms with Crippen molar-refractivity contribution in [1.82, 2.24) is 14.5 Å². The minimum atomic E-state index is 0.790. The fraction of sp³-hybridized carbons (Fsp3) is 0. The average Bonchev–Trinajstić information content (AvgIpc) is 3.52. The number of imidazole rings is 1. The zero-order chi connectivity index (χ0) is 30.7. The van der Waals surface area contributed by atoms with Crippen LogP contribution < -0.4 is 4.90 Å². The van der Waals surface area contributed by atoms with Crippen LogP contribution in [0.5, 0.6) is 0 Å². The van der Waals surface area contributed by atoms with Crippen molar-refractivity contribution in [2.75, 3.05) is 4.90 Å². The standard InChI is InChI=1S/C42H30N4/c1-4-16-31(17-5-1)33-20-14-23-35(30-33)45(34-21-8-3-9-22-34)42-44-41-37(38-26-12-13-29-43-38)25-15-28-40(41)46(42)39-27-11-10-24-36(39)32-18-6-2-7-19-32/h1-30H. The number of hydrogen-bond acceptors (Lipinski definition) is 3. The summed E-state index contributed by atoms with van der Waals surface area (Å²) in [6.45, 7) is 0. The normalized spacial score (nSPS) is 11.0. The van der Waals surface area contributed by atoms with Crippen LogP contribution in [0.1, 0.15) is 0 Å². The van der Waals surface area contributed by atoms with E-state index in [0.29, 0.717) is 0 Å². The summed E-state index contributed by atoms with van der Waals surface area (Å²) in [6.07, 6.45) is 1.84. The maximum absolute atomic E-state index is 5.50. The Kier molecular flexibility index (Phi) is 7.14. The van der Waals surface area contributed by atoms with Gasteiger partial charge in [0.1, 0.15) is 5.52 Å². The topological polar surface area (TPSA) is 34.0 Å². The van der Waals surface area contributed by atoms with E-state index in [4.69, 9.17) is 9.97 Å². The van der Waals surface area contributed by atoms with E-state index in [1.165, 1.54) is 0 Å². The summed E-state index contributed by atoms with van der Waals surface area (Å²) in [5.41, 5.74) is 11.4. The molecule has 8 rings (SSSR count). The molecule has 0 bridgehead atoms. The highest BCUT2D eigenvalue weighted by molar-refractivity contribution is 5.96. The number of anilines is 3. The Bertz CT molecular complexity index is 2240. The number of fused-ring (bicyclic) bond motifs is 1. The fourth-order valence-corrected chi connectivity index (χ4v) is 6.15. The molecular weight excluding hydrogens is 560 g/mol. The molecule has 0 radical (unpaired) electrons. The van der Waals surface area contributed by atoms with Gasteiger partial charge in [0.2, 0.25) is 5.95 Å².